The van der Waals surface area contributed by atoms with E-state index in [4.69, 9.17) is 0 Å². The summed E-state index contributed by atoms with van der Waals surface area (Å²) < 4.78 is 42.4. The molecule has 1 atom stereocenters. The van der Waals surface area contributed by atoms with Gasteiger partial charge < -0.3 is 5.32 Å². The Morgan fingerprint density at radius 3 is 2.43 bits per heavy atom. The number of allylic oxidation sites excluding steroid dienone is 1. The SMILES string of the molecule is C=C/C(=N\C(=C)c1ccc(CNCCC(C)(F)CC)c(C)c1)C(F)(F)C(C)C. The molecular weight excluding hydrogens is 361 g/mol. The summed E-state index contributed by atoms with van der Waals surface area (Å²) in [6.45, 7) is 16.8. The number of nitrogens with zero attached hydrogens (tertiary/aromatic N) is 1. The van der Waals surface area contributed by atoms with Crippen LogP contribution in [0.4, 0.5) is 13.2 Å². The molecule has 0 aliphatic carbocycles. The summed E-state index contributed by atoms with van der Waals surface area (Å²) in [5, 5.41) is 3.25. The van der Waals surface area contributed by atoms with Gasteiger partial charge in [0.2, 0.25) is 0 Å². The maximum Gasteiger partial charge on any atom is 0.291 e. The minimum atomic E-state index is -3.06. The van der Waals surface area contributed by atoms with Crippen LogP contribution in [-0.2, 0) is 6.54 Å². The Balaban J connectivity index is 2.84. The molecule has 1 aromatic rings. The summed E-state index contributed by atoms with van der Waals surface area (Å²) in [6.07, 6.45) is 2.04. The normalized spacial score (nSPS) is 14.8. The van der Waals surface area contributed by atoms with Gasteiger partial charge >= 0.3 is 0 Å². The number of aryl methyl sites for hydroxylation is 1. The predicted octanol–water partition coefficient (Wildman–Crippen LogP) is 6.50. The van der Waals surface area contributed by atoms with Crippen LogP contribution in [0.15, 0.2) is 42.4 Å². The lowest BCUT2D eigenvalue weighted by molar-refractivity contribution is 0.0292. The summed E-state index contributed by atoms with van der Waals surface area (Å²) in [5.74, 6) is -3.95. The molecule has 0 heterocycles. The van der Waals surface area contributed by atoms with Gasteiger partial charge in [-0.3, -0.25) is 0 Å². The topological polar surface area (TPSA) is 24.4 Å². The van der Waals surface area contributed by atoms with Gasteiger partial charge in [-0.05, 0) is 62.1 Å². The minimum absolute atomic E-state index is 0.272. The van der Waals surface area contributed by atoms with Crippen molar-refractivity contribution in [1.82, 2.24) is 5.32 Å². The molecule has 1 aromatic carbocycles. The van der Waals surface area contributed by atoms with Crippen LogP contribution in [0.5, 0.6) is 0 Å². The second kappa shape index (κ2) is 10.1. The van der Waals surface area contributed by atoms with Crippen LogP contribution < -0.4 is 5.32 Å². The maximum absolute atomic E-state index is 14.2. The van der Waals surface area contributed by atoms with E-state index >= 15 is 0 Å². The largest absolute Gasteiger partial charge is 0.313 e. The van der Waals surface area contributed by atoms with E-state index in [1.807, 2.05) is 32.0 Å². The Morgan fingerprint density at radius 1 is 1.29 bits per heavy atom. The molecule has 1 unspecified atom stereocenters. The zero-order chi connectivity index (χ0) is 21.5. The molecular formula is C23H33F3N2. The molecule has 0 aliphatic heterocycles. The maximum atomic E-state index is 14.2. The zero-order valence-corrected chi connectivity index (χ0v) is 17.7. The van der Waals surface area contributed by atoms with E-state index in [-0.39, 0.29) is 11.4 Å². The van der Waals surface area contributed by atoms with Crippen LogP contribution >= 0.6 is 0 Å². The fourth-order valence-corrected chi connectivity index (χ4v) is 2.58. The third-order valence-corrected chi connectivity index (χ3v) is 5.07. The highest BCUT2D eigenvalue weighted by molar-refractivity contribution is 6.03. The van der Waals surface area contributed by atoms with Crippen molar-refractivity contribution in [2.24, 2.45) is 10.9 Å². The fourth-order valence-electron chi connectivity index (χ4n) is 2.58. The van der Waals surface area contributed by atoms with E-state index in [1.165, 1.54) is 13.8 Å². The highest BCUT2D eigenvalue weighted by atomic mass is 19.3. The van der Waals surface area contributed by atoms with Gasteiger partial charge in [0.05, 0.1) is 5.70 Å². The Morgan fingerprint density at radius 2 is 1.93 bits per heavy atom. The molecule has 0 aliphatic rings. The van der Waals surface area contributed by atoms with Crippen molar-refractivity contribution in [1.29, 1.82) is 0 Å². The van der Waals surface area contributed by atoms with E-state index in [0.717, 1.165) is 17.2 Å². The molecule has 0 saturated heterocycles. The number of rotatable bonds is 11. The number of aliphatic imine (C=N–C) groups is 1. The van der Waals surface area contributed by atoms with Crippen molar-refractivity contribution in [2.45, 2.75) is 65.6 Å². The summed E-state index contributed by atoms with van der Waals surface area (Å²) in [7, 11) is 0. The molecule has 28 heavy (non-hydrogen) atoms. The van der Waals surface area contributed by atoms with Crippen molar-refractivity contribution < 1.29 is 13.2 Å². The fraction of sp³-hybridized carbons (Fsp3) is 0.522. The number of hydrogen-bond acceptors (Lipinski definition) is 2. The quantitative estimate of drug-likeness (QED) is 0.336. The van der Waals surface area contributed by atoms with E-state index in [0.29, 0.717) is 31.5 Å². The van der Waals surface area contributed by atoms with Gasteiger partial charge in [-0.25, -0.2) is 9.38 Å². The molecule has 5 heteroatoms. The minimum Gasteiger partial charge on any atom is -0.313 e. The highest BCUT2D eigenvalue weighted by Gasteiger charge is 2.38. The van der Waals surface area contributed by atoms with Gasteiger partial charge in [0.15, 0.2) is 0 Å². The van der Waals surface area contributed by atoms with Crippen LogP contribution in [0.2, 0.25) is 0 Å². The number of halogens is 3. The van der Waals surface area contributed by atoms with Gasteiger partial charge in [0, 0.05) is 12.5 Å². The standard InChI is InChI=1S/C23H33F3N2/c1-8-21(23(25,26)16(3)4)28-18(6)19-10-11-20(17(5)14-19)15-27-13-12-22(7,24)9-2/h8,10-11,14,16,27H,1,6,9,12-13,15H2,2-5,7H3/b28-21+. The van der Waals surface area contributed by atoms with Crippen LogP contribution in [-0.4, -0.2) is 23.8 Å². The van der Waals surface area contributed by atoms with Crippen molar-refractivity contribution in [3.05, 3.63) is 54.1 Å². The van der Waals surface area contributed by atoms with Crippen molar-refractivity contribution in [3.63, 3.8) is 0 Å². The van der Waals surface area contributed by atoms with Crippen LogP contribution in [0.3, 0.4) is 0 Å². The highest BCUT2D eigenvalue weighted by Crippen LogP contribution is 2.29. The van der Waals surface area contributed by atoms with Crippen LogP contribution in [0.25, 0.3) is 5.70 Å². The molecule has 0 bridgehead atoms. The number of alkyl halides is 3. The number of hydrogen-bond donors (Lipinski definition) is 1. The number of benzene rings is 1. The summed E-state index contributed by atoms with van der Waals surface area (Å²) in [4.78, 5) is 4.04. The van der Waals surface area contributed by atoms with Crippen LogP contribution in [0, 0.1) is 12.8 Å². The lowest BCUT2D eigenvalue weighted by Gasteiger charge is -2.21. The van der Waals surface area contributed by atoms with E-state index in [2.05, 4.69) is 23.5 Å². The molecule has 1 rings (SSSR count). The van der Waals surface area contributed by atoms with E-state index < -0.39 is 17.5 Å². The first kappa shape index (κ1) is 24.2. The first-order valence-corrected chi connectivity index (χ1v) is 9.72. The van der Waals surface area contributed by atoms with Gasteiger partial charge in [0.25, 0.3) is 5.92 Å². The van der Waals surface area contributed by atoms with Gasteiger partial charge in [-0.2, -0.15) is 8.78 Å². The second-order valence-electron chi connectivity index (χ2n) is 7.76. The van der Waals surface area contributed by atoms with E-state index in [9.17, 15) is 13.2 Å². The molecule has 1 N–H and O–H groups in total. The number of nitrogens with one attached hydrogen (secondary N) is 1. The third-order valence-electron chi connectivity index (χ3n) is 5.07. The van der Waals surface area contributed by atoms with Crippen molar-refractivity contribution in [3.8, 4) is 0 Å². The molecule has 0 saturated carbocycles. The lowest BCUT2D eigenvalue weighted by atomic mass is 10.00. The Hall–Kier alpha value is -1.88. The molecule has 0 aromatic heterocycles. The summed E-state index contributed by atoms with van der Waals surface area (Å²) >= 11 is 0. The first-order chi connectivity index (χ1) is 12.9. The first-order valence-electron chi connectivity index (χ1n) is 9.72. The predicted molar refractivity (Wildman–Crippen MR) is 114 cm³/mol. The van der Waals surface area contributed by atoms with Gasteiger partial charge in [0.1, 0.15) is 11.4 Å². The zero-order valence-electron chi connectivity index (χ0n) is 17.7. The smallest absolute Gasteiger partial charge is 0.291 e. The third kappa shape index (κ3) is 6.62. The second-order valence-corrected chi connectivity index (χ2v) is 7.76. The monoisotopic (exact) mass is 394 g/mol. The Labute approximate surface area is 167 Å². The van der Waals surface area contributed by atoms with Gasteiger partial charge in [-0.15, -0.1) is 0 Å². The average Bonchev–Trinajstić information content (AvgIpc) is 2.63. The molecule has 156 valence electrons. The van der Waals surface area contributed by atoms with E-state index in [1.54, 1.807) is 6.92 Å². The molecule has 0 amide bonds. The Kier molecular flexibility index (Phi) is 8.68. The molecule has 0 fully saturated rings. The molecule has 0 spiro atoms. The van der Waals surface area contributed by atoms with Crippen LogP contribution in [0.1, 0.15) is 57.2 Å². The molecule has 2 nitrogen and oxygen atoms in total. The average molecular weight is 395 g/mol. The lowest BCUT2D eigenvalue weighted by Crippen LogP contribution is -2.33. The summed E-state index contributed by atoms with van der Waals surface area (Å²) in [5.41, 5.74) is 1.49. The summed E-state index contributed by atoms with van der Waals surface area (Å²) in [6, 6.07) is 5.61. The van der Waals surface area contributed by atoms with Crippen molar-refractivity contribution >= 4 is 11.4 Å². The molecule has 0 radical (unpaired) electrons. The van der Waals surface area contributed by atoms with Crippen molar-refractivity contribution in [2.75, 3.05) is 6.54 Å². The Bertz CT molecular complexity index is 719. The van der Waals surface area contributed by atoms with Gasteiger partial charge in [-0.1, -0.05) is 46.1 Å².